The monoisotopic (exact) mass is 406 g/mol. The van der Waals surface area contributed by atoms with Crippen molar-refractivity contribution in [2.24, 2.45) is 11.8 Å². The molecule has 0 spiro atoms. The average Bonchev–Trinajstić information content (AvgIpc) is 2.83. The molecule has 1 aromatic rings. The second-order valence-corrected chi connectivity index (χ2v) is 9.17. The fourth-order valence-corrected chi connectivity index (χ4v) is 6.01. The Morgan fingerprint density at radius 3 is 2.54 bits per heavy atom. The molecule has 3 aliphatic rings. The van der Waals surface area contributed by atoms with Crippen LogP contribution in [0.5, 0.6) is 0 Å². The standard InChI is InChI=1S/C20H23FN2O4S/c1-10-16-15(11(2)24)19(25)23(16)17(20(26)27)18(10)28-14-8-22(9-14)7-12-3-5-13(21)6-4-12/h3-6,10-11,14-16,24H,7-9H2,1-2H3,(H,26,27). The summed E-state index contributed by atoms with van der Waals surface area (Å²) in [5.41, 5.74) is 1.13. The average molecular weight is 406 g/mol. The highest BCUT2D eigenvalue weighted by molar-refractivity contribution is 8.03. The zero-order valence-electron chi connectivity index (χ0n) is 15.7. The van der Waals surface area contributed by atoms with E-state index in [1.54, 1.807) is 30.8 Å². The van der Waals surface area contributed by atoms with Gasteiger partial charge in [0.05, 0.1) is 18.1 Å². The number of benzene rings is 1. The molecule has 0 aromatic heterocycles. The van der Waals surface area contributed by atoms with E-state index >= 15 is 0 Å². The van der Waals surface area contributed by atoms with Crippen molar-refractivity contribution in [1.82, 2.24) is 9.80 Å². The lowest BCUT2D eigenvalue weighted by Crippen LogP contribution is -2.63. The van der Waals surface area contributed by atoms with Crippen LogP contribution < -0.4 is 0 Å². The topological polar surface area (TPSA) is 81.1 Å². The minimum atomic E-state index is -1.09. The van der Waals surface area contributed by atoms with E-state index in [1.807, 2.05) is 6.92 Å². The van der Waals surface area contributed by atoms with E-state index in [9.17, 15) is 24.2 Å². The molecule has 150 valence electrons. The summed E-state index contributed by atoms with van der Waals surface area (Å²) in [4.78, 5) is 28.5. The van der Waals surface area contributed by atoms with Gasteiger partial charge in [0.15, 0.2) is 0 Å². The number of carboxylic acids is 1. The van der Waals surface area contributed by atoms with E-state index in [0.29, 0.717) is 0 Å². The summed E-state index contributed by atoms with van der Waals surface area (Å²) in [6, 6.07) is 6.17. The Morgan fingerprint density at radius 2 is 1.96 bits per heavy atom. The SMILES string of the molecule is CC(O)C1C(=O)N2C(C(=O)O)=C(SC3CN(Cc4ccc(F)cc4)C3)C(C)C12. The first-order valence-corrected chi connectivity index (χ1v) is 10.3. The third-order valence-corrected chi connectivity index (χ3v) is 7.30. The number of hydrogen-bond acceptors (Lipinski definition) is 5. The Morgan fingerprint density at radius 1 is 1.32 bits per heavy atom. The van der Waals surface area contributed by atoms with Crippen molar-refractivity contribution in [3.63, 3.8) is 0 Å². The van der Waals surface area contributed by atoms with Gasteiger partial charge in [-0.1, -0.05) is 19.1 Å². The van der Waals surface area contributed by atoms with Gasteiger partial charge in [0, 0.05) is 35.7 Å². The van der Waals surface area contributed by atoms with Crippen molar-refractivity contribution < 1.29 is 24.2 Å². The van der Waals surface area contributed by atoms with E-state index in [1.165, 1.54) is 17.0 Å². The van der Waals surface area contributed by atoms with Crippen molar-refractivity contribution in [2.45, 2.75) is 37.8 Å². The maximum atomic E-state index is 13.0. The summed E-state index contributed by atoms with van der Waals surface area (Å²) in [6.45, 7) is 5.87. The first-order chi connectivity index (χ1) is 13.3. The summed E-state index contributed by atoms with van der Waals surface area (Å²) < 4.78 is 13.0. The van der Waals surface area contributed by atoms with Crippen molar-refractivity contribution in [3.8, 4) is 0 Å². The van der Waals surface area contributed by atoms with Gasteiger partial charge in [-0.05, 0) is 24.6 Å². The second-order valence-electron chi connectivity index (χ2n) is 7.83. The molecule has 1 amide bonds. The molecular weight excluding hydrogens is 383 g/mol. The predicted molar refractivity (Wildman–Crippen MR) is 103 cm³/mol. The largest absolute Gasteiger partial charge is 0.477 e. The minimum absolute atomic E-state index is 0.0846. The van der Waals surface area contributed by atoms with Crippen LogP contribution in [0, 0.1) is 17.7 Å². The zero-order chi connectivity index (χ0) is 20.2. The highest BCUT2D eigenvalue weighted by Crippen LogP contribution is 2.51. The maximum Gasteiger partial charge on any atom is 0.353 e. The van der Waals surface area contributed by atoms with Gasteiger partial charge in [0.1, 0.15) is 11.5 Å². The van der Waals surface area contributed by atoms with Crippen LogP contribution in [0.15, 0.2) is 34.9 Å². The summed E-state index contributed by atoms with van der Waals surface area (Å²) >= 11 is 1.54. The third kappa shape index (κ3) is 3.13. The lowest BCUT2D eigenvalue weighted by molar-refractivity contribution is -0.163. The molecular formula is C20H23FN2O4S. The Kier molecular flexibility index (Phi) is 4.97. The number of rotatable bonds is 6. The second kappa shape index (κ2) is 7.17. The minimum Gasteiger partial charge on any atom is -0.477 e. The quantitative estimate of drug-likeness (QED) is 0.703. The molecule has 2 N–H and O–H groups in total. The van der Waals surface area contributed by atoms with Crippen LogP contribution in [0.3, 0.4) is 0 Å². The van der Waals surface area contributed by atoms with E-state index in [4.69, 9.17) is 0 Å². The van der Waals surface area contributed by atoms with Crippen LogP contribution in [0.2, 0.25) is 0 Å². The van der Waals surface area contributed by atoms with E-state index in [2.05, 4.69) is 4.90 Å². The Balaban J connectivity index is 1.41. The lowest BCUT2D eigenvalue weighted by atomic mass is 9.79. The van der Waals surface area contributed by atoms with Crippen molar-refractivity contribution in [2.75, 3.05) is 13.1 Å². The van der Waals surface area contributed by atoms with Crippen molar-refractivity contribution in [1.29, 1.82) is 0 Å². The molecule has 6 nitrogen and oxygen atoms in total. The summed E-state index contributed by atoms with van der Waals surface area (Å²) in [5.74, 6) is -2.26. The molecule has 4 atom stereocenters. The van der Waals surface area contributed by atoms with Gasteiger partial charge in [0.2, 0.25) is 5.91 Å². The fraction of sp³-hybridized carbons (Fsp3) is 0.500. The van der Waals surface area contributed by atoms with Crippen LogP contribution in [0.1, 0.15) is 19.4 Å². The summed E-state index contributed by atoms with van der Waals surface area (Å²) in [7, 11) is 0. The number of β-lactam (4-membered cyclic amide) rings is 1. The van der Waals surface area contributed by atoms with Gasteiger partial charge in [-0.15, -0.1) is 11.8 Å². The molecule has 2 saturated heterocycles. The molecule has 0 radical (unpaired) electrons. The smallest absolute Gasteiger partial charge is 0.353 e. The Hall–Kier alpha value is -1.90. The van der Waals surface area contributed by atoms with Crippen molar-refractivity contribution >= 4 is 23.6 Å². The number of halogens is 1. The van der Waals surface area contributed by atoms with Gasteiger partial charge < -0.3 is 15.1 Å². The molecule has 3 aliphatic heterocycles. The number of hydrogen-bond donors (Lipinski definition) is 2. The molecule has 1 aromatic carbocycles. The summed E-state index contributed by atoms with van der Waals surface area (Å²) in [5, 5.41) is 19.8. The van der Waals surface area contributed by atoms with Gasteiger partial charge in [-0.3, -0.25) is 9.69 Å². The van der Waals surface area contributed by atoms with Crippen LogP contribution in [0.4, 0.5) is 4.39 Å². The van der Waals surface area contributed by atoms with E-state index in [0.717, 1.165) is 30.1 Å². The number of fused-ring (bicyclic) bond motifs is 1. The molecule has 0 saturated carbocycles. The van der Waals surface area contributed by atoms with E-state index in [-0.39, 0.29) is 34.6 Å². The van der Waals surface area contributed by atoms with Gasteiger partial charge >= 0.3 is 5.97 Å². The number of aliphatic hydroxyl groups is 1. The predicted octanol–water partition coefficient (Wildman–Crippen LogP) is 1.90. The van der Waals surface area contributed by atoms with Crippen LogP contribution in [0.25, 0.3) is 0 Å². The Bertz CT molecular complexity index is 835. The molecule has 0 bridgehead atoms. The van der Waals surface area contributed by atoms with Gasteiger partial charge in [-0.2, -0.15) is 0 Å². The van der Waals surface area contributed by atoms with Gasteiger partial charge in [0.25, 0.3) is 0 Å². The highest BCUT2D eigenvalue weighted by atomic mass is 32.2. The molecule has 4 unspecified atom stereocenters. The molecule has 3 heterocycles. The molecule has 28 heavy (non-hydrogen) atoms. The molecule has 4 rings (SSSR count). The number of aliphatic hydroxyl groups excluding tert-OH is 1. The number of carbonyl (C=O) groups is 2. The number of nitrogens with zero attached hydrogens (tertiary/aromatic N) is 2. The number of thioether (sulfide) groups is 1. The third-order valence-electron chi connectivity index (χ3n) is 5.85. The molecule has 8 heteroatoms. The number of carbonyl (C=O) groups excluding carboxylic acids is 1. The molecule has 0 aliphatic carbocycles. The van der Waals surface area contributed by atoms with Crippen molar-refractivity contribution in [3.05, 3.63) is 46.2 Å². The first kappa shape index (κ1) is 19.4. The summed E-state index contributed by atoms with van der Waals surface area (Å²) in [6.07, 6.45) is -0.787. The number of carboxylic acid groups (broad SMARTS) is 1. The number of likely N-dealkylation sites (tertiary alicyclic amines) is 1. The van der Waals surface area contributed by atoms with E-state index < -0.39 is 18.0 Å². The number of aliphatic carboxylic acids is 1. The highest BCUT2D eigenvalue weighted by Gasteiger charge is 2.60. The van der Waals surface area contributed by atoms with Crippen LogP contribution >= 0.6 is 11.8 Å². The lowest BCUT2D eigenvalue weighted by Gasteiger charge is -2.46. The fourth-order valence-electron chi connectivity index (χ4n) is 4.43. The maximum absolute atomic E-state index is 13.0. The first-order valence-electron chi connectivity index (χ1n) is 9.40. The number of amides is 1. The van der Waals surface area contributed by atoms with Crippen LogP contribution in [-0.4, -0.2) is 62.4 Å². The van der Waals surface area contributed by atoms with Crippen LogP contribution in [-0.2, 0) is 16.1 Å². The normalized spacial score (nSPS) is 28.8. The zero-order valence-corrected chi connectivity index (χ0v) is 16.5. The van der Waals surface area contributed by atoms with Gasteiger partial charge in [-0.25, -0.2) is 9.18 Å². The molecule has 2 fully saturated rings. The Labute approximate surface area is 167 Å².